The maximum absolute atomic E-state index is 12.3. The van der Waals surface area contributed by atoms with Gasteiger partial charge in [-0.2, -0.15) is 5.10 Å². The molecule has 0 radical (unpaired) electrons. The third kappa shape index (κ3) is 4.23. The minimum atomic E-state index is -0.144. The van der Waals surface area contributed by atoms with Crippen LogP contribution in [0.1, 0.15) is 27.9 Å². The van der Waals surface area contributed by atoms with E-state index in [9.17, 15) is 9.59 Å². The van der Waals surface area contributed by atoms with Crippen LogP contribution in [0.15, 0.2) is 30.3 Å². The Balaban J connectivity index is 1.75. The highest BCUT2D eigenvalue weighted by Gasteiger charge is 2.16. The van der Waals surface area contributed by atoms with Gasteiger partial charge in [-0.15, -0.1) is 11.3 Å². The lowest BCUT2D eigenvalue weighted by molar-refractivity contribution is -0.118. The Hall–Kier alpha value is -2.38. The van der Waals surface area contributed by atoms with Gasteiger partial charge in [0.15, 0.2) is 0 Å². The van der Waals surface area contributed by atoms with Crippen LogP contribution >= 0.6 is 22.9 Å². The topological polar surface area (TPSA) is 76.0 Å². The fourth-order valence-electron chi connectivity index (χ4n) is 2.60. The molecule has 0 aliphatic rings. The molecule has 0 bridgehead atoms. The number of aryl methyl sites for hydroxylation is 1. The van der Waals surface area contributed by atoms with Gasteiger partial charge < -0.3 is 10.6 Å². The average molecular weight is 391 g/mol. The summed E-state index contributed by atoms with van der Waals surface area (Å²) < 4.78 is 1.91. The van der Waals surface area contributed by atoms with Crippen molar-refractivity contribution in [3.8, 4) is 0 Å². The molecule has 0 aliphatic heterocycles. The molecule has 26 heavy (non-hydrogen) atoms. The van der Waals surface area contributed by atoms with Crippen molar-refractivity contribution in [3.05, 3.63) is 51.5 Å². The number of carbonyl (C=O) groups is 2. The van der Waals surface area contributed by atoms with E-state index in [1.54, 1.807) is 0 Å². The Morgan fingerprint density at radius 2 is 1.88 bits per heavy atom. The first-order valence-electron chi connectivity index (χ1n) is 8.18. The summed E-state index contributed by atoms with van der Waals surface area (Å²) in [5.41, 5.74) is 1.98. The molecule has 0 aliphatic carbocycles. The number of nitrogens with one attached hydrogen (secondary N) is 2. The van der Waals surface area contributed by atoms with Gasteiger partial charge in [0.05, 0.1) is 17.1 Å². The first-order chi connectivity index (χ1) is 12.4. The van der Waals surface area contributed by atoms with Gasteiger partial charge in [0, 0.05) is 30.4 Å². The van der Waals surface area contributed by atoms with Gasteiger partial charge in [-0.25, -0.2) is 0 Å². The van der Waals surface area contributed by atoms with Crippen molar-refractivity contribution < 1.29 is 9.59 Å². The average Bonchev–Trinajstić information content (AvgIpc) is 3.15. The molecule has 136 valence electrons. The van der Waals surface area contributed by atoms with Gasteiger partial charge >= 0.3 is 0 Å². The third-order valence-electron chi connectivity index (χ3n) is 3.86. The Bertz CT molecular complexity index is 946. The van der Waals surface area contributed by atoms with Gasteiger partial charge in [-0.05, 0) is 30.7 Å². The van der Waals surface area contributed by atoms with E-state index in [4.69, 9.17) is 11.6 Å². The van der Waals surface area contributed by atoms with E-state index in [1.807, 2.05) is 41.9 Å². The lowest BCUT2D eigenvalue weighted by atomic mass is 10.2. The molecule has 3 aromatic rings. The molecule has 8 heteroatoms. The molecule has 0 fully saturated rings. The molecule has 2 aromatic heterocycles. The van der Waals surface area contributed by atoms with E-state index >= 15 is 0 Å². The number of hydrogen-bond acceptors (Lipinski definition) is 4. The number of nitrogens with zero attached hydrogens (tertiary/aromatic N) is 2. The number of fused-ring (bicyclic) bond motifs is 1. The highest BCUT2D eigenvalue weighted by Crippen LogP contribution is 2.29. The molecule has 0 spiro atoms. The van der Waals surface area contributed by atoms with E-state index in [-0.39, 0.29) is 11.8 Å². The SMILES string of the molecule is CC(=O)NCCNC(=O)c1cc2c(C)nn(Cc3ccc(Cl)cc3)c2s1. The van der Waals surface area contributed by atoms with E-state index in [2.05, 4.69) is 15.7 Å². The van der Waals surface area contributed by atoms with Crippen molar-refractivity contribution >= 4 is 45.0 Å². The quantitative estimate of drug-likeness (QED) is 0.635. The second-order valence-corrected chi connectivity index (χ2v) is 7.40. The number of benzene rings is 1. The molecule has 0 atom stereocenters. The lowest BCUT2D eigenvalue weighted by Gasteiger charge is -2.04. The summed E-state index contributed by atoms with van der Waals surface area (Å²) in [5.74, 6) is -0.256. The van der Waals surface area contributed by atoms with Gasteiger partial charge in [-0.3, -0.25) is 14.3 Å². The van der Waals surface area contributed by atoms with E-state index in [1.165, 1.54) is 18.3 Å². The van der Waals surface area contributed by atoms with Crippen molar-refractivity contribution in [1.29, 1.82) is 0 Å². The zero-order chi connectivity index (χ0) is 18.7. The lowest BCUT2D eigenvalue weighted by Crippen LogP contribution is -2.33. The number of hydrogen-bond donors (Lipinski definition) is 2. The van der Waals surface area contributed by atoms with Crippen molar-refractivity contribution in [2.45, 2.75) is 20.4 Å². The number of aromatic nitrogens is 2. The molecule has 0 saturated heterocycles. The highest BCUT2D eigenvalue weighted by molar-refractivity contribution is 7.20. The highest BCUT2D eigenvalue weighted by atomic mass is 35.5. The summed E-state index contributed by atoms with van der Waals surface area (Å²) in [6.07, 6.45) is 0. The normalized spacial score (nSPS) is 10.9. The maximum atomic E-state index is 12.3. The monoisotopic (exact) mass is 390 g/mol. The van der Waals surface area contributed by atoms with Crippen LogP contribution in [0, 0.1) is 6.92 Å². The van der Waals surface area contributed by atoms with Crippen molar-refractivity contribution in [3.63, 3.8) is 0 Å². The zero-order valence-electron chi connectivity index (χ0n) is 14.5. The van der Waals surface area contributed by atoms with Crippen LogP contribution in [-0.2, 0) is 11.3 Å². The van der Waals surface area contributed by atoms with Crippen LogP contribution in [0.25, 0.3) is 10.2 Å². The smallest absolute Gasteiger partial charge is 0.261 e. The first-order valence-corrected chi connectivity index (χ1v) is 9.37. The molecule has 6 nitrogen and oxygen atoms in total. The number of thiophene rings is 1. The van der Waals surface area contributed by atoms with Crippen LogP contribution in [0.4, 0.5) is 0 Å². The fraction of sp³-hybridized carbons (Fsp3) is 0.278. The second-order valence-electron chi connectivity index (χ2n) is 5.94. The summed E-state index contributed by atoms with van der Waals surface area (Å²) in [5, 5.41) is 11.7. The van der Waals surface area contributed by atoms with Crippen LogP contribution in [0.5, 0.6) is 0 Å². The first kappa shape index (κ1) is 18.4. The van der Waals surface area contributed by atoms with E-state index in [0.29, 0.717) is 29.5 Å². The predicted molar refractivity (Wildman–Crippen MR) is 104 cm³/mol. The molecule has 2 N–H and O–H groups in total. The molecule has 0 unspecified atom stereocenters. The minimum Gasteiger partial charge on any atom is -0.355 e. The molecule has 2 heterocycles. The molecular formula is C18H19ClN4O2S. The van der Waals surface area contributed by atoms with Gasteiger partial charge in [0.2, 0.25) is 5.91 Å². The van der Waals surface area contributed by atoms with Crippen LogP contribution < -0.4 is 10.6 Å². The number of halogens is 1. The Morgan fingerprint density at radius 1 is 1.19 bits per heavy atom. The Labute approximate surface area is 160 Å². The number of carbonyl (C=O) groups excluding carboxylic acids is 2. The van der Waals surface area contributed by atoms with Gasteiger partial charge in [0.1, 0.15) is 4.83 Å². The molecular weight excluding hydrogens is 372 g/mol. The predicted octanol–water partition coefficient (Wildman–Crippen LogP) is 2.97. The van der Waals surface area contributed by atoms with Gasteiger partial charge in [-0.1, -0.05) is 23.7 Å². The van der Waals surface area contributed by atoms with E-state index < -0.39 is 0 Å². The Morgan fingerprint density at radius 3 is 2.58 bits per heavy atom. The van der Waals surface area contributed by atoms with E-state index in [0.717, 1.165) is 21.5 Å². The van der Waals surface area contributed by atoms with Crippen LogP contribution in [0.2, 0.25) is 5.02 Å². The van der Waals surface area contributed by atoms with Crippen molar-refractivity contribution in [2.24, 2.45) is 0 Å². The van der Waals surface area contributed by atoms with Crippen LogP contribution in [-0.4, -0.2) is 34.7 Å². The number of amides is 2. The minimum absolute atomic E-state index is 0.112. The molecule has 2 amide bonds. The largest absolute Gasteiger partial charge is 0.355 e. The summed E-state index contributed by atoms with van der Waals surface area (Å²) in [6, 6.07) is 9.51. The summed E-state index contributed by atoms with van der Waals surface area (Å²) in [6.45, 7) is 4.80. The zero-order valence-corrected chi connectivity index (χ0v) is 16.1. The van der Waals surface area contributed by atoms with Crippen LogP contribution in [0.3, 0.4) is 0 Å². The second kappa shape index (κ2) is 7.88. The summed E-state index contributed by atoms with van der Waals surface area (Å²) in [7, 11) is 0. The van der Waals surface area contributed by atoms with Gasteiger partial charge in [0.25, 0.3) is 5.91 Å². The molecule has 1 aromatic carbocycles. The summed E-state index contributed by atoms with van der Waals surface area (Å²) in [4.78, 5) is 24.8. The fourth-order valence-corrected chi connectivity index (χ4v) is 3.80. The number of rotatable bonds is 6. The third-order valence-corrected chi connectivity index (χ3v) is 5.26. The summed E-state index contributed by atoms with van der Waals surface area (Å²) >= 11 is 7.35. The molecule has 0 saturated carbocycles. The Kier molecular flexibility index (Phi) is 5.58. The molecule has 3 rings (SSSR count). The van der Waals surface area contributed by atoms with Crippen molar-refractivity contribution in [2.75, 3.05) is 13.1 Å². The maximum Gasteiger partial charge on any atom is 0.261 e. The van der Waals surface area contributed by atoms with Crippen molar-refractivity contribution in [1.82, 2.24) is 20.4 Å². The standard InChI is InChI=1S/C18H19ClN4O2S/c1-11-15-9-16(17(25)21-8-7-20-12(2)24)26-18(15)23(22-11)10-13-3-5-14(19)6-4-13/h3-6,9H,7-8,10H2,1-2H3,(H,20,24)(H,21,25).